The highest BCUT2D eigenvalue weighted by Crippen LogP contribution is 2.26. The van der Waals surface area contributed by atoms with Crippen LogP contribution in [0.15, 0.2) is 41.7 Å². The molecule has 2 N–H and O–H groups in total. The van der Waals surface area contributed by atoms with Crippen LogP contribution in [0.1, 0.15) is 23.2 Å². The second-order valence-electron chi connectivity index (χ2n) is 5.79. The lowest BCUT2D eigenvalue weighted by Gasteiger charge is -2.15. The third kappa shape index (κ3) is 2.92. The number of carbonyl (C=O) groups is 1. The van der Waals surface area contributed by atoms with Crippen molar-refractivity contribution in [3.8, 4) is 5.75 Å². The molecular formula is C18H20N2O4. The quantitative estimate of drug-likeness (QED) is 0.820. The standard InChI is InChI=1S/C18H20N2O4/c1-2-9-20-14-8-4-3-7-13(14)16(21)15(18(20)23)17(22)19-11-12-6-5-10-24-12/h2-4,7-8,12,21H,1,5-6,9-11H2,(H,19,22)/t12-/m0/s1. The average Bonchev–Trinajstić information content (AvgIpc) is 3.10. The van der Waals surface area contributed by atoms with Gasteiger partial charge in [0.2, 0.25) is 0 Å². The van der Waals surface area contributed by atoms with Crippen molar-refractivity contribution < 1.29 is 14.6 Å². The summed E-state index contributed by atoms with van der Waals surface area (Å²) in [6.45, 7) is 4.92. The van der Waals surface area contributed by atoms with Crippen molar-refractivity contribution in [2.75, 3.05) is 13.2 Å². The summed E-state index contributed by atoms with van der Waals surface area (Å²) < 4.78 is 6.89. The first-order valence-electron chi connectivity index (χ1n) is 7.98. The Hall–Kier alpha value is -2.60. The van der Waals surface area contributed by atoms with Crippen LogP contribution in [-0.2, 0) is 11.3 Å². The van der Waals surface area contributed by atoms with Gasteiger partial charge in [0.25, 0.3) is 11.5 Å². The Morgan fingerprint density at radius 3 is 2.96 bits per heavy atom. The summed E-state index contributed by atoms with van der Waals surface area (Å²) in [4.78, 5) is 25.2. The Balaban J connectivity index is 2.01. The highest BCUT2D eigenvalue weighted by atomic mass is 16.5. The van der Waals surface area contributed by atoms with Crippen molar-refractivity contribution in [3.05, 3.63) is 52.8 Å². The number of rotatable bonds is 5. The van der Waals surface area contributed by atoms with Gasteiger partial charge >= 0.3 is 0 Å². The fourth-order valence-electron chi connectivity index (χ4n) is 3.00. The van der Waals surface area contributed by atoms with Crippen molar-refractivity contribution in [2.24, 2.45) is 0 Å². The number of allylic oxidation sites excluding steroid dienone is 1. The highest BCUT2D eigenvalue weighted by molar-refractivity contribution is 6.02. The van der Waals surface area contributed by atoms with Gasteiger partial charge in [0.15, 0.2) is 0 Å². The molecule has 0 radical (unpaired) electrons. The molecule has 0 unspecified atom stereocenters. The maximum Gasteiger partial charge on any atom is 0.268 e. The molecule has 1 aliphatic rings. The molecule has 0 spiro atoms. The lowest BCUT2D eigenvalue weighted by Crippen LogP contribution is -2.37. The zero-order valence-electron chi connectivity index (χ0n) is 13.3. The van der Waals surface area contributed by atoms with E-state index in [0.29, 0.717) is 24.1 Å². The molecule has 6 nitrogen and oxygen atoms in total. The molecule has 0 bridgehead atoms. The number of hydrogen-bond acceptors (Lipinski definition) is 4. The van der Waals surface area contributed by atoms with E-state index >= 15 is 0 Å². The van der Waals surface area contributed by atoms with Crippen LogP contribution >= 0.6 is 0 Å². The topological polar surface area (TPSA) is 80.6 Å². The van der Waals surface area contributed by atoms with E-state index < -0.39 is 11.5 Å². The number of ether oxygens (including phenoxy) is 1. The lowest BCUT2D eigenvalue weighted by atomic mass is 10.1. The van der Waals surface area contributed by atoms with Gasteiger partial charge < -0.3 is 19.7 Å². The number of amides is 1. The Bertz CT molecular complexity index is 835. The SMILES string of the molecule is C=CCn1c(=O)c(C(=O)NC[C@@H]2CCCO2)c(O)c2ccccc21. The Morgan fingerprint density at radius 1 is 1.46 bits per heavy atom. The second kappa shape index (κ2) is 6.88. The summed E-state index contributed by atoms with van der Waals surface area (Å²) in [5, 5.41) is 13.6. The summed E-state index contributed by atoms with van der Waals surface area (Å²) in [7, 11) is 0. The first-order valence-corrected chi connectivity index (χ1v) is 7.98. The van der Waals surface area contributed by atoms with Crippen LogP contribution in [0.3, 0.4) is 0 Å². The van der Waals surface area contributed by atoms with E-state index in [1.165, 1.54) is 4.57 Å². The average molecular weight is 328 g/mol. The van der Waals surface area contributed by atoms with Crippen molar-refractivity contribution in [1.82, 2.24) is 9.88 Å². The van der Waals surface area contributed by atoms with Crippen molar-refractivity contribution in [1.29, 1.82) is 0 Å². The van der Waals surface area contributed by atoms with Gasteiger partial charge in [0.1, 0.15) is 11.3 Å². The molecule has 1 amide bonds. The molecule has 126 valence electrons. The fourth-order valence-corrected chi connectivity index (χ4v) is 3.00. The molecule has 1 fully saturated rings. The molecule has 2 aromatic rings. The minimum Gasteiger partial charge on any atom is -0.506 e. The van der Waals surface area contributed by atoms with Gasteiger partial charge in [-0.1, -0.05) is 18.2 Å². The zero-order valence-corrected chi connectivity index (χ0v) is 13.3. The zero-order chi connectivity index (χ0) is 17.1. The summed E-state index contributed by atoms with van der Waals surface area (Å²) in [5.74, 6) is -0.877. The number of aromatic nitrogens is 1. The third-order valence-corrected chi connectivity index (χ3v) is 4.20. The Labute approximate surface area is 139 Å². The minimum atomic E-state index is -0.587. The van der Waals surface area contributed by atoms with Gasteiger partial charge in [-0.2, -0.15) is 0 Å². The number of para-hydroxylation sites is 1. The predicted octanol–water partition coefficient (Wildman–Crippen LogP) is 1.80. The number of benzene rings is 1. The van der Waals surface area contributed by atoms with Gasteiger partial charge in [-0.3, -0.25) is 9.59 Å². The number of nitrogens with one attached hydrogen (secondary N) is 1. The van der Waals surface area contributed by atoms with E-state index in [4.69, 9.17) is 4.74 Å². The largest absolute Gasteiger partial charge is 0.506 e. The molecule has 1 aromatic carbocycles. The number of nitrogens with zero attached hydrogens (tertiary/aromatic N) is 1. The van der Waals surface area contributed by atoms with Crippen LogP contribution in [0, 0.1) is 0 Å². The van der Waals surface area contributed by atoms with E-state index in [1.54, 1.807) is 30.3 Å². The van der Waals surface area contributed by atoms with E-state index in [1.807, 2.05) is 0 Å². The maximum absolute atomic E-state index is 12.7. The molecule has 0 saturated carbocycles. The van der Waals surface area contributed by atoms with E-state index in [2.05, 4.69) is 11.9 Å². The predicted molar refractivity (Wildman–Crippen MR) is 91.4 cm³/mol. The normalized spacial score (nSPS) is 17.1. The number of fused-ring (bicyclic) bond motifs is 1. The highest BCUT2D eigenvalue weighted by Gasteiger charge is 2.23. The first-order chi connectivity index (χ1) is 11.6. The number of carbonyl (C=O) groups excluding carboxylic acids is 1. The van der Waals surface area contributed by atoms with Crippen LogP contribution in [-0.4, -0.2) is 34.8 Å². The molecule has 24 heavy (non-hydrogen) atoms. The molecule has 1 aromatic heterocycles. The summed E-state index contributed by atoms with van der Waals surface area (Å²) in [6.07, 6.45) is 3.39. The van der Waals surface area contributed by atoms with Crippen LogP contribution in [0.4, 0.5) is 0 Å². The maximum atomic E-state index is 12.7. The van der Waals surface area contributed by atoms with Crippen LogP contribution in [0.25, 0.3) is 10.9 Å². The van der Waals surface area contributed by atoms with Gasteiger partial charge in [-0.25, -0.2) is 0 Å². The molecule has 1 saturated heterocycles. The number of pyridine rings is 1. The number of hydrogen-bond donors (Lipinski definition) is 2. The van der Waals surface area contributed by atoms with Crippen LogP contribution in [0.5, 0.6) is 5.75 Å². The van der Waals surface area contributed by atoms with Crippen LogP contribution in [0.2, 0.25) is 0 Å². The van der Waals surface area contributed by atoms with E-state index in [9.17, 15) is 14.7 Å². The number of aromatic hydroxyl groups is 1. The molecule has 1 aliphatic heterocycles. The van der Waals surface area contributed by atoms with Gasteiger partial charge in [0, 0.05) is 25.1 Å². The lowest BCUT2D eigenvalue weighted by molar-refractivity contribution is 0.0854. The molecule has 2 heterocycles. The summed E-state index contributed by atoms with van der Waals surface area (Å²) in [6, 6.07) is 6.94. The monoisotopic (exact) mass is 328 g/mol. The third-order valence-electron chi connectivity index (χ3n) is 4.20. The first kappa shape index (κ1) is 16.3. The molecule has 0 aliphatic carbocycles. The minimum absolute atomic E-state index is 0.0352. The van der Waals surface area contributed by atoms with Crippen molar-refractivity contribution in [3.63, 3.8) is 0 Å². The second-order valence-corrected chi connectivity index (χ2v) is 5.79. The van der Waals surface area contributed by atoms with Crippen molar-refractivity contribution >= 4 is 16.8 Å². The van der Waals surface area contributed by atoms with Gasteiger partial charge in [0.05, 0.1) is 11.6 Å². The fraction of sp³-hybridized carbons (Fsp3) is 0.333. The Morgan fingerprint density at radius 2 is 2.25 bits per heavy atom. The molecule has 1 atom stereocenters. The Kier molecular flexibility index (Phi) is 4.66. The van der Waals surface area contributed by atoms with E-state index in [-0.39, 0.29) is 24.0 Å². The van der Waals surface area contributed by atoms with Crippen molar-refractivity contribution in [2.45, 2.75) is 25.5 Å². The molecular weight excluding hydrogens is 308 g/mol. The smallest absolute Gasteiger partial charge is 0.268 e. The van der Waals surface area contributed by atoms with Gasteiger partial charge in [-0.05, 0) is 25.0 Å². The van der Waals surface area contributed by atoms with Crippen LogP contribution < -0.4 is 10.9 Å². The van der Waals surface area contributed by atoms with E-state index in [0.717, 1.165) is 12.8 Å². The summed E-state index contributed by atoms with van der Waals surface area (Å²) >= 11 is 0. The molecule has 3 rings (SSSR count). The molecule has 6 heteroatoms. The van der Waals surface area contributed by atoms with Gasteiger partial charge in [-0.15, -0.1) is 6.58 Å². The summed E-state index contributed by atoms with van der Waals surface area (Å²) in [5.41, 5.74) is -0.208.